The second-order valence-electron chi connectivity index (χ2n) is 4.88. The molecule has 0 saturated carbocycles. The van der Waals surface area contributed by atoms with Crippen LogP contribution in [0.25, 0.3) is 0 Å². The number of carboxylic acid groups (broad SMARTS) is 1. The van der Waals surface area contributed by atoms with Crippen molar-refractivity contribution in [3.05, 3.63) is 51.5 Å². The standard InChI is InChI=1S/C15H15NO2S.Na/c17-15(18)9-14-16-12-7-6-11(8-13(12)19-14)10-4-2-1-3-5-10;/h1-5,11H,6-9H2,(H,17,18);/q;+1/p-1. The SMILES string of the molecule is O=C([O-])Cc1nc2c(s1)CC(c1ccccc1)CC2.[Na+]. The number of hydrogen-bond donors (Lipinski definition) is 0. The molecule has 0 aliphatic heterocycles. The van der Waals surface area contributed by atoms with Gasteiger partial charge >= 0.3 is 29.6 Å². The van der Waals surface area contributed by atoms with E-state index < -0.39 is 5.97 Å². The van der Waals surface area contributed by atoms with Gasteiger partial charge < -0.3 is 9.90 Å². The summed E-state index contributed by atoms with van der Waals surface area (Å²) in [6, 6.07) is 10.5. The van der Waals surface area contributed by atoms with E-state index in [1.165, 1.54) is 21.8 Å². The maximum absolute atomic E-state index is 10.6. The zero-order chi connectivity index (χ0) is 13.2. The molecule has 98 valence electrons. The van der Waals surface area contributed by atoms with Crippen LogP contribution in [0.3, 0.4) is 0 Å². The Labute approximate surface area is 144 Å². The predicted octanol–water partition coefficient (Wildman–Crippen LogP) is -1.29. The second-order valence-corrected chi connectivity index (χ2v) is 6.04. The van der Waals surface area contributed by atoms with Gasteiger partial charge in [0, 0.05) is 17.3 Å². The molecule has 0 bridgehead atoms. The van der Waals surface area contributed by atoms with E-state index in [1.807, 2.05) is 6.07 Å². The van der Waals surface area contributed by atoms with Crippen LogP contribution in [-0.2, 0) is 24.1 Å². The van der Waals surface area contributed by atoms with Crippen molar-refractivity contribution in [1.82, 2.24) is 4.98 Å². The fourth-order valence-corrected chi connectivity index (χ4v) is 3.82. The Morgan fingerprint density at radius 1 is 1.35 bits per heavy atom. The summed E-state index contributed by atoms with van der Waals surface area (Å²) in [5.74, 6) is -0.518. The van der Waals surface area contributed by atoms with Crippen LogP contribution in [0.2, 0.25) is 0 Å². The van der Waals surface area contributed by atoms with Gasteiger partial charge in [-0.05, 0) is 30.7 Å². The number of hydrogen-bond acceptors (Lipinski definition) is 4. The molecule has 2 aromatic rings. The first-order valence-corrected chi connectivity index (χ1v) is 7.26. The molecule has 0 radical (unpaired) electrons. The molecule has 0 amide bonds. The van der Waals surface area contributed by atoms with Crippen molar-refractivity contribution in [3.63, 3.8) is 0 Å². The fourth-order valence-electron chi connectivity index (χ4n) is 2.64. The number of carbonyl (C=O) groups is 1. The molecule has 1 aromatic heterocycles. The molecular formula is C15H14NNaO2S. The number of nitrogens with zero attached hydrogens (tertiary/aromatic N) is 1. The van der Waals surface area contributed by atoms with Gasteiger partial charge in [0.2, 0.25) is 0 Å². The smallest absolute Gasteiger partial charge is 0.550 e. The minimum Gasteiger partial charge on any atom is -0.550 e. The van der Waals surface area contributed by atoms with Crippen LogP contribution in [0, 0.1) is 0 Å². The first-order valence-electron chi connectivity index (χ1n) is 6.44. The van der Waals surface area contributed by atoms with E-state index in [0.29, 0.717) is 10.9 Å². The number of benzene rings is 1. The maximum atomic E-state index is 10.6. The Balaban J connectivity index is 0.00000147. The van der Waals surface area contributed by atoms with Gasteiger partial charge in [-0.25, -0.2) is 4.98 Å². The molecule has 0 saturated heterocycles. The molecule has 3 nitrogen and oxygen atoms in total. The molecule has 0 N–H and O–H groups in total. The molecule has 5 heteroatoms. The Hall–Kier alpha value is -0.680. The quantitative estimate of drug-likeness (QED) is 0.662. The summed E-state index contributed by atoms with van der Waals surface area (Å²) >= 11 is 1.53. The first kappa shape index (κ1) is 15.7. The Bertz CT molecular complexity index is 597. The number of thiazole rings is 1. The average Bonchev–Trinajstić information content (AvgIpc) is 2.79. The summed E-state index contributed by atoms with van der Waals surface area (Å²) < 4.78 is 0. The van der Waals surface area contributed by atoms with Gasteiger partial charge in [-0.15, -0.1) is 11.3 Å². The molecular weight excluding hydrogens is 281 g/mol. The van der Waals surface area contributed by atoms with Gasteiger partial charge in [0.25, 0.3) is 0 Å². The first-order chi connectivity index (χ1) is 9.22. The van der Waals surface area contributed by atoms with Crippen LogP contribution >= 0.6 is 11.3 Å². The van der Waals surface area contributed by atoms with Crippen molar-refractivity contribution < 1.29 is 39.5 Å². The number of aliphatic carboxylic acids is 1. The zero-order valence-corrected chi connectivity index (χ0v) is 14.3. The van der Waals surface area contributed by atoms with E-state index in [0.717, 1.165) is 25.0 Å². The van der Waals surface area contributed by atoms with Crippen molar-refractivity contribution >= 4 is 17.3 Å². The van der Waals surface area contributed by atoms with Gasteiger partial charge in [0.15, 0.2) is 0 Å². The topological polar surface area (TPSA) is 53.0 Å². The predicted molar refractivity (Wildman–Crippen MR) is 72.0 cm³/mol. The number of carboxylic acids is 1. The molecule has 1 atom stereocenters. The van der Waals surface area contributed by atoms with Crippen LogP contribution in [0.4, 0.5) is 0 Å². The van der Waals surface area contributed by atoms with Crippen LogP contribution in [-0.4, -0.2) is 11.0 Å². The summed E-state index contributed by atoms with van der Waals surface area (Å²) in [4.78, 5) is 16.3. The number of carbonyl (C=O) groups excluding carboxylic acids is 1. The third kappa shape index (κ3) is 3.50. The van der Waals surface area contributed by atoms with E-state index >= 15 is 0 Å². The second kappa shape index (κ2) is 6.85. The van der Waals surface area contributed by atoms with Crippen molar-refractivity contribution in [2.24, 2.45) is 0 Å². The third-order valence-corrected chi connectivity index (χ3v) is 4.67. The molecule has 1 aliphatic carbocycles. The molecule has 20 heavy (non-hydrogen) atoms. The summed E-state index contributed by atoms with van der Waals surface area (Å²) in [6.45, 7) is 0. The number of fused-ring (bicyclic) bond motifs is 1. The Morgan fingerprint density at radius 2 is 2.10 bits per heavy atom. The normalized spacial score (nSPS) is 17.1. The summed E-state index contributed by atoms with van der Waals surface area (Å²) in [6.07, 6.45) is 2.95. The minimum atomic E-state index is -1.05. The summed E-state index contributed by atoms with van der Waals surface area (Å²) in [7, 11) is 0. The van der Waals surface area contributed by atoms with Crippen molar-refractivity contribution in [2.75, 3.05) is 0 Å². The number of aromatic nitrogens is 1. The van der Waals surface area contributed by atoms with Gasteiger partial charge in [0.1, 0.15) is 0 Å². The molecule has 1 aliphatic rings. The van der Waals surface area contributed by atoms with E-state index in [1.54, 1.807) is 0 Å². The van der Waals surface area contributed by atoms with E-state index in [-0.39, 0.29) is 36.0 Å². The van der Waals surface area contributed by atoms with Crippen LogP contribution in [0.15, 0.2) is 30.3 Å². The Morgan fingerprint density at radius 3 is 2.80 bits per heavy atom. The van der Waals surface area contributed by atoms with E-state index in [2.05, 4.69) is 29.2 Å². The molecule has 0 fully saturated rings. The Kier molecular flexibility index (Phi) is 5.38. The average molecular weight is 295 g/mol. The maximum Gasteiger partial charge on any atom is 1.00 e. The molecule has 1 aromatic carbocycles. The number of rotatable bonds is 3. The van der Waals surface area contributed by atoms with Crippen molar-refractivity contribution in [2.45, 2.75) is 31.6 Å². The van der Waals surface area contributed by atoms with Crippen LogP contribution in [0.1, 0.15) is 33.5 Å². The van der Waals surface area contributed by atoms with Crippen molar-refractivity contribution in [1.29, 1.82) is 0 Å². The van der Waals surface area contributed by atoms with Gasteiger partial charge in [-0.3, -0.25) is 0 Å². The fraction of sp³-hybridized carbons (Fsp3) is 0.333. The zero-order valence-electron chi connectivity index (χ0n) is 11.5. The van der Waals surface area contributed by atoms with Gasteiger partial charge in [-0.2, -0.15) is 0 Å². The van der Waals surface area contributed by atoms with Gasteiger partial charge in [0.05, 0.1) is 10.7 Å². The van der Waals surface area contributed by atoms with Crippen molar-refractivity contribution in [3.8, 4) is 0 Å². The van der Waals surface area contributed by atoms with Gasteiger partial charge in [-0.1, -0.05) is 30.3 Å². The summed E-state index contributed by atoms with van der Waals surface area (Å²) in [5.41, 5.74) is 2.46. The molecule has 3 rings (SSSR count). The largest absolute Gasteiger partial charge is 1.00 e. The third-order valence-electron chi connectivity index (χ3n) is 3.55. The molecule has 1 unspecified atom stereocenters. The monoisotopic (exact) mass is 295 g/mol. The summed E-state index contributed by atoms with van der Waals surface area (Å²) in [5, 5.41) is 11.3. The molecule has 1 heterocycles. The van der Waals surface area contributed by atoms with E-state index in [4.69, 9.17) is 0 Å². The van der Waals surface area contributed by atoms with Crippen LogP contribution in [0.5, 0.6) is 0 Å². The number of aryl methyl sites for hydroxylation is 1. The van der Waals surface area contributed by atoms with Crippen LogP contribution < -0.4 is 34.7 Å². The molecule has 0 spiro atoms. The minimum absolute atomic E-state index is 0. The van der Waals surface area contributed by atoms with E-state index in [9.17, 15) is 9.90 Å².